The quantitative estimate of drug-likeness (QED) is 0.484. The average molecular weight is 335 g/mol. The Bertz CT molecular complexity index is 861. The highest BCUT2D eigenvalue weighted by Crippen LogP contribution is 2.56. The van der Waals surface area contributed by atoms with Crippen molar-refractivity contribution in [3.63, 3.8) is 0 Å². The average Bonchev–Trinajstić information content (AvgIpc) is 3.18. The van der Waals surface area contributed by atoms with Crippen LogP contribution in [0.4, 0.5) is 5.69 Å². The first kappa shape index (κ1) is 15.7. The molecule has 0 radical (unpaired) electrons. The second kappa shape index (κ2) is 5.92. The molecule has 0 aromatic heterocycles. The molecule has 5 nitrogen and oxygen atoms in total. The van der Waals surface area contributed by atoms with Gasteiger partial charge >= 0.3 is 0 Å². The number of carbonyl (C=O) groups excluding carboxylic acids is 2. The molecule has 0 spiro atoms. The van der Waals surface area contributed by atoms with Gasteiger partial charge in [-0.3, -0.25) is 19.7 Å². The van der Waals surface area contributed by atoms with Gasteiger partial charge in [-0.05, 0) is 17.9 Å². The number of rotatable bonds is 4. The van der Waals surface area contributed by atoms with E-state index in [9.17, 15) is 19.7 Å². The molecule has 4 rings (SSSR count). The van der Waals surface area contributed by atoms with Gasteiger partial charge in [0.25, 0.3) is 5.69 Å². The molecule has 2 aliphatic rings. The van der Waals surface area contributed by atoms with Gasteiger partial charge < -0.3 is 0 Å². The fourth-order valence-corrected chi connectivity index (χ4v) is 4.57. The minimum Gasteiger partial charge on any atom is -0.299 e. The van der Waals surface area contributed by atoms with Gasteiger partial charge in [0.15, 0.2) is 5.78 Å². The van der Waals surface area contributed by atoms with Crippen molar-refractivity contribution in [2.45, 2.75) is 18.8 Å². The molecule has 2 saturated carbocycles. The normalized spacial score (nSPS) is 27.4. The van der Waals surface area contributed by atoms with Gasteiger partial charge in [-0.25, -0.2) is 0 Å². The second-order valence-corrected chi connectivity index (χ2v) is 6.91. The molecule has 25 heavy (non-hydrogen) atoms. The third-order valence-electron chi connectivity index (χ3n) is 5.59. The molecule has 2 aromatic rings. The summed E-state index contributed by atoms with van der Waals surface area (Å²) in [4.78, 5) is 36.1. The molecule has 2 aliphatic carbocycles. The minimum absolute atomic E-state index is 0.00127. The molecule has 126 valence electrons. The molecule has 2 bridgehead atoms. The van der Waals surface area contributed by atoms with Gasteiger partial charge in [-0.15, -0.1) is 0 Å². The summed E-state index contributed by atoms with van der Waals surface area (Å²) in [5.74, 6) is -0.499. The number of benzene rings is 2. The fraction of sp³-hybridized carbons (Fsp3) is 0.300. The highest BCUT2D eigenvalue weighted by atomic mass is 16.6. The summed E-state index contributed by atoms with van der Waals surface area (Å²) in [5, 5.41) is 11.1. The van der Waals surface area contributed by atoms with Crippen LogP contribution in [0.5, 0.6) is 0 Å². The topological polar surface area (TPSA) is 77.3 Å². The Morgan fingerprint density at radius 3 is 2.56 bits per heavy atom. The number of nitrogens with zero attached hydrogens (tertiary/aromatic N) is 1. The van der Waals surface area contributed by atoms with Crippen molar-refractivity contribution < 1.29 is 14.5 Å². The summed E-state index contributed by atoms with van der Waals surface area (Å²) in [6.07, 6.45) is 1.15. The standard InChI is InChI=1S/C20H17NO4/c22-17-11-14-10-16(17)18(13-7-4-8-15(9-13)21(24)25)19(14)20(23)12-5-2-1-3-6-12/h1-9,14,16,18-19H,10-11H2/t14?,16?,18-,19-/m0/s1. The molecule has 2 fully saturated rings. The Morgan fingerprint density at radius 1 is 1.08 bits per heavy atom. The van der Waals surface area contributed by atoms with Crippen LogP contribution in [0.15, 0.2) is 54.6 Å². The second-order valence-electron chi connectivity index (χ2n) is 6.91. The number of non-ortho nitro benzene ring substituents is 1. The molecular formula is C20H17NO4. The van der Waals surface area contributed by atoms with Gasteiger partial charge in [-0.2, -0.15) is 0 Å². The molecule has 2 unspecified atom stereocenters. The summed E-state index contributed by atoms with van der Waals surface area (Å²) in [6, 6.07) is 15.5. The molecule has 5 heteroatoms. The molecular weight excluding hydrogens is 318 g/mol. The third-order valence-corrected chi connectivity index (χ3v) is 5.59. The lowest BCUT2D eigenvalue weighted by Crippen LogP contribution is -2.32. The minimum atomic E-state index is -0.438. The number of hydrogen-bond acceptors (Lipinski definition) is 4. The van der Waals surface area contributed by atoms with E-state index < -0.39 is 4.92 Å². The third kappa shape index (κ3) is 2.56. The maximum Gasteiger partial charge on any atom is 0.269 e. The van der Waals surface area contributed by atoms with Gasteiger partial charge in [0, 0.05) is 41.9 Å². The van der Waals surface area contributed by atoms with E-state index >= 15 is 0 Å². The Labute approximate surface area is 144 Å². The zero-order chi connectivity index (χ0) is 17.6. The van der Waals surface area contributed by atoms with Crippen LogP contribution in [-0.4, -0.2) is 16.5 Å². The molecule has 4 atom stereocenters. The van der Waals surface area contributed by atoms with Crippen LogP contribution in [0.2, 0.25) is 0 Å². The van der Waals surface area contributed by atoms with Crippen LogP contribution < -0.4 is 0 Å². The highest BCUT2D eigenvalue weighted by Gasteiger charge is 2.55. The SMILES string of the molecule is O=C1CC2CC1[C@H](c1cccc([N+](=O)[O-])c1)[C@H]2C(=O)c1ccccc1. The van der Waals surface area contributed by atoms with E-state index in [1.165, 1.54) is 12.1 Å². The lowest BCUT2D eigenvalue weighted by atomic mass is 9.72. The van der Waals surface area contributed by atoms with Crippen LogP contribution in [0.1, 0.15) is 34.7 Å². The van der Waals surface area contributed by atoms with Crippen molar-refractivity contribution in [2.75, 3.05) is 0 Å². The Morgan fingerprint density at radius 2 is 1.84 bits per heavy atom. The molecule has 0 aliphatic heterocycles. The molecule has 0 amide bonds. The smallest absolute Gasteiger partial charge is 0.269 e. The number of ketones is 2. The van der Waals surface area contributed by atoms with Crippen molar-refractivity contribution in [1.82, 2.24) is 0 Å². The highest BCUT2D eigenvalue weighted by molar-refractivity contribution is 6.01. The van der Waals surface area contributed by atoms with Crippen molar-refractivity contribution in [3.8, 4) is 0 Å². The first-order valence-electron chi connectivity index (χ1n) is 8.42. The van der Waals surface area contributed by atoms with E-state index in [0.29, 0.717) is 18.4 Å². The van der Waals surface area contributed by atoms with Crippen molar-refractivity contribution in [3.05, 3.63) is 75.8 Å². The number of Topliss-reactive ketones (excluding diaryl/α,β-unsaturated/α-hetero) is 2. The van der Waals surface area contributed by atoms with Crippen molar-refractivity contribution in [1.29, 1.82) is 0 Å². The first-order chi connectivity index (χ1) is 12.1. The number of nitro groups is 1. The zero-order valence-electron chi connectivity index (χ0n) is 13.5. The van der Waals surface area contributed by atoms with Gasteiger partial charge in [-0.1, -0.05) is 42.5 Å². The van der Waals surface area contributed by atoms with E-state index in [-0.39, 0.29) is 40.9 Å². The number of nitro benzene ring substituents is 1. The van der Waals surface area contributed by atoms with Gasteiger partial charge in [0.1, 0.15) is 5.78 Å². The van der Waals surface area contributed by atoms with Crippen molar-refractivity contribution >= 4 is 17.3 Å². The Balaban J connectivity index is 1.75. The zero-order valence-corrected chi connectivity index (χ0v) is 13.5. The monoisotopic (exact) mass is 335 g/mol. The maximum atomic E-state index is 13.1. The lowest BCUT2D eigenvalue weighted by molar-refractivity contribution is -0.384. The van der Waals surface area contributed by atoms with E-state index in [4.69, 9.17) is 0 Å². The van der Waals surface area contributed by atoms with Gasteiger partial charge in [0.05, 0.1) is 4.92 Å². The summed E-state index contributed by atoms with van der Waals surface area (Å²) in [5.41, 5.74) is 1.37. The van der Waals surface area contributed by atoms with Crippen LogP contribution in [0, 0.1) is 27.9 Å². The predicted octanol–water partition coefficient (Wildman–Crippen LogP) is 3.79. The van der Waals surface area contributed by atoms with Crippen LogP contribution in [0.3, 0.4) is 0 Å². The molecule has 2 aromatic carbocycles. The van der Waals surface area contributed by atoms with E-state index in [2.05, 4.69) is 0 Å². The van der Waals surface area contributed by atoms with Crippen LogP contribution >= 0.6 is 0 Å². The Hall–Kier alpha value is -2.82. The summed E-state index contributed by atoms with van der Waals surface area (Å²) < 4.78 is 0. The number of carbonyl (C=O) groups is 2. The molecule has 0 saturated heterocycles. The largest absolute Gasteiger partial charge is 0.299 e. The Kier molecular flexibility index (Phi) is 3.71. The van der Waals surface area contributed by atoms with Crippen LogP contribution in [0.25, 0.3) is 0 Å². The summed E-state index contributed by atoms with van der Waals surface area (Å²) in [6.45, 7) is 0. The van der Waals surface area contributed by atoms with Crippen LogP contribution in [-0.2, 0) is 4.79 Å². The summed E-state index contributed by atoms with van der Waals surface area (Å²) >= 11 is 0. The maximum absolute atomic E-state index is 13.1. The van der Waals surface area contributed by atoms with E-state index in [1.54, 1.807) is 24.3 Å². The summed E-state index contributed by atoms with van der Waals surface area (Å²) in [7, 11) is 0. The van der Waals surface area contributed by atoms with E-state index in [1.807, 2.05) is 18.2 Å². The molecule has 0 N–H and O–H groups in total. The predicted molar refractivity (Wildman–Crippen MR) is 91.3 cm³/mol. The number of hydrogen-bond donors (Lipinski definition) is 0. The fourth-order valence-electron chi connectivity index (χ4n) is 4.57. The van der Waals surface area contributed by atoms with Gasteiger partial charge in [0.2, 0.25) is 0 Å². The molecule has 0 heterocycles. The first-order valence-corrected chi connectivity index (χ1v) is 8.42. The number of fused-ring (bicyclic) bond motifs is 2. The van der Waals surface area contributed by atoms with E-state index in [0.717, 1.165) is 5.56 Å². The van der Waals surface area contributed by atoms with Crippen molar-refractivity contribution in [2.24, 2.45) is 17.8 Å². The lowest BCUT2D eigenvalue weighted by Gasteiger charge is -2.29.